The lowest BCUT2D eigenvalue weighted by Crippen LogP contribution is -2.27. The highest BCUT2D eigenvalue weighted by Crippen LogP contribution is 2.29. The molecule has 2 heterocycles. The Balaban J connectivity index is 1.74. The summed E-state index contributed by atoms with van der Waals surface area (Å²) in [6, 6.07) is 7.36. The molecule has 2 unspecified atom stereocenters. The van der Waals surface area contributed by atoms with Crippen molar-refractivity contribution in [3.63, 3.8) is 0 Å². The number of hydrogen-bond acceptors (Lipinski definition) is 4. The third kappa shape index (κ3) is 2.20. The van der Waals surface area contributed by atoms with Crippen LogP contribution in [-0.2, 0) is 22.9 Å². The van der Waals surface area contributed by atoms with Crippen molar-refractivity contribution < 1.29 is 8.76 Å². The van der Waals surface area contributed by atoms with Gasteiger partial charge in [-0.15, -0.1) is 0 Å². The summed E-state index contributed by atoms with van der Waals surface area (Å²) in [6.45, 7) is 0. The maximum atomic E-state index is 12.7. The van der Waals surface area contributed by atoms with Crippen molar-refractivity contribution in [1.29, 1.82) is 0 Å². The van der Waals surface area contributed by atoms with Crippen LogP contribution in [0.5, 0.6) is 0 Å². The molecular weight excluding hydrogens is 302 g/mol. The van der Waals surface area contributed by atoms with Crippen molar-refractivity contribution in [2.24, 2.45) is 4.36 Å². The molecule has 1 aliphatic rings. The molecule has 0 bridgehead atoms. The van der Waals surface area contributed by atoms with Gasteiger partial charge < -0.3 is 4.98 Å². The van der Waals surface area contributed by atoms with Crippen molar-refractivity contribution in [2.45, 2.75) is 24.5 Å². The molecule has 4 rings (SSSR count). The highest BCUT2D eigenvalue weighted by molar-refractivity contribution is 7.88. The van der Waals surface area contributed by atoms with Crippen molar-refractivity contribution in [1.82, 2.24) is 20.4 Å². The zero-order valence-corrected chi connectivity index (χ0v) is 12.5. The molecule has 2 atom stereocenters. The first kappa shape index (κ1) is 13.5. The monoisotopic (exact) mass is 317 g/mol. The van der Waals surface area contributed by atoms with Gasteiger partial charge in [0, 0.05) is 23.5 Å². The van der Waals surface area contributed by atoms with E-state index in [-0.39, 0.29) is 0 Å². The van der Waals surface area contributed by atoms with Crippen LogP contribution in [0.3, 0.4) is 0 Å². The van der Waals surface area contributed by atoms with Crippen LogP contribution in [-0.4, -0.2) is 34.4 Å². The minimum absolute atomic E-state index is 0.424. The fraction of sp³-hybridized carbons (Fsp3) is 0.286. The Hall–Kier alpha value is -2.19. The summed E-state index contributed by atoms with van der Waals surface area (Å²) in [5.41, 5.74) is 3.10. The number of nitrogens with zero attached hydrogens (tertiary/aromatic N) is 3. The number of fused-ring (bicyclic) bond motifs is 2. The molecule has 1 aromatic carbocycles. The lowest BCUT2D eigenvalue weighted by Gasteiger charge is -2.20. The average molecular weight is 317 g/mol. The van der Waals surface area contributed by atoms with Crippen LogP contribution in [0.25, 0.3) is 10.9 Å². The number of aryl methyl sites for hydroxylation is 1. The quantitative estimate of drug-likeness (QED) is 0.674. The number of hydrogen-bond donors (Lipinski definition) is 3. The Bertz CT molecular complexity index is 951. The van der Waals surface area contributed by atoms with Crippen molar-refractivity contribution >= 4 is 26.6 Å². The standard InChI is InChI=1S/C14H15N5O2S/c20-22(21,9-4-5-13-14(8-9)17-19-16-13)18-12-3-1-2-11-10(12)6-7-15-11/h1-3,6-7,9,15H,4-5,8H2,(H,16,17,19)(H,18,20,21). The first-order valence-corrected chi connectivity index (χ1v) is 8.60. The van der Waals surface area contributed by atoms with Crippen LogP contribution in [0.2, 0.25) is 0 Å². The normalized spacial score (nSPS) is 20.5. The van der Waals surface area contributed by atoms with Crippen molar-refractivity contribution in [3.05, 3.63) is 41.9 Å². The molecule has 22 heavy (non-hydrogen) atoms. The van der Waals surface area contributed by atoms with E-state index < -0.39 is 15.3 Å². The molecule has 0 radical (unpaired) electrons. The first-order valence-electron chi connectivity index (χ1n) is 7.06. The second-order valence-corrected chi connectivity index (χ2v) is 7.35. The van der Waals surface area contributed by atoms with Crippen molar-refractivity contribution in [3.8, 4) is 0 Å². The van der Waals surface area contributed by atoms with Crippen LogP contribution in [0.1, 0.15) is 17.8 Å². The highest BCUT2D eigenvalue weighted by Gasteiger charge is 2.29. The van der Waals surface area contributed by atoms with Gasteiger partial charge in [0.05, 0.1) is 22.3 Å². The Kier molecular flexibility index (Phi) is 3.02. The van der Waals surface area contributed by atoms with E-state index in [0.29, 0.717) is 24.9 Å². The molecule has 0 aliphatic heterocycles. The van der Waals surface area contributed by atoms with Gasteiger partial charge in [-0.25, -0.2) is 4.21 Å². The van der Waals surface area contributed by atoms with E-state index in [1.165, 1.54) is 0 Å². The summed E-state index contributed by atoms with van der Waals surface area (Å²) >= 11 is 0. The van der Waals surface area contributed by atoms with E-state index in [1.54, 1.807) is 12.3 Å². The van der Waals surface area contributed by atoms with Gasteiger partial charge >= 0.3 is 0 Å². The van der Waals surface area contributed by atoms with Gasteiger partial charge in [-0.05, 0) is 31.0 Å². The van der Waals surface area contributed by atoms with Gasteiger partial charge in [0.15, 0.2) is 10.0 Å². The maximum Gasteiger partial charge on any atom is 0.169 e. The fourth-order valence-electron chi connectivity index (χ4n) is 2.88. The summed E-state index contributed by atoms with van der Waals surface area (Å²) in [6.07, 6.45) is 3.46. The predicted molar refractivity (Wildman–Crippen MR) is 83.4 cm³/mol. The Morgan fingerprint density at radius 2 is 2.14 bits per heavy atom. The van der Waals surface area contributed by atoms with Gasteiger partial charge in [0.2, 0.25) is 0 Å². The summed E-state index contributed by atoms with van der Waals surface area (Å²) in [5.74, 6) is 0. The lowest BCUT2D eigenvalue weighted by atomic mass is 10.0. The van der Waals surface area contributed by atoms with Gasteiger partial charge in [0.1, 0.15) is 0 Å². The van der Waals surface area contributed by atoms with Gasteiger partial charge in [-0.2, -0.15) is 19.8 Å². The molecular formula is C14H15N5O2S. The zero-order chi connectivity index (χ0) is 15.2. The van der Waals surface area contributed by atoms with Gasteiger partial charge in [-0.3, -0.25) is 4.55 Å². The largest absolute Gasteiger partial charge is 0.361 e. The Labute approximate surface area is 127 Å². The fourth-order valence-corrected chi connectivity index (χ4v) is 4.27. The van der Waals surface area contributed by atoms with Crippen molar-refractivity contribution in [2.75, 3.05) is 0 Å². The SMILES string of the molecule is O=S(O)(=Nc1cccc2[nH]ccc12)C1CCc2n[nH]nc2C1. The summed E-state index contributed by atoms with van der Waals surface area (Å²) < 4.78 is 27.4. The third-order valence-electron chi connectivity index (χ3n) is 4.06. The molecule has 2 aromatic heterocycles. The molecule has 1 aliphatic carbocycles. The van der Waals surface area contributed by atoms with Gasteiger partial charge in [-0.1, -0.05) is 6.07 Å². The molecule has 114 valence electrons. The van der Waals surface area contributed by atoms with Crippen LogP contribution in [0.4, 0.5) is 5.69 Å². The number of nitrogens with one attached hydrogen (secondary N) is 2. The maximum absolute atomic E-state index is 12.7. The molecule has 3 N–H and O–H groups in total. The topological polar surface area (TPSA) is 107 Å². The predicted octanol–water partition coefficient (Wildman–Crippen LogP) is 2.42. The summed E-state index contributed by atoms with van der Waals surface area (Å²) in [5, 5.41) is 11.1. The minimum atomic E-state index is -3.35. The minimum Gasteiger partial charge on any atom is -0.361 e. The molecule has 7 nitrogen and oxygen atoms in total. The van der Waals surface area contributed by atoms with E-state index in [2.05, 4.69) is 24.8 Å². The third-order valence-corrected chi connectivity index (χ3v) is 5.79. The van der Waals surface area contributed by atoms with E-state index >= 15 is 0 Å². The summed E-state index contributed by atoms with van der Waals surface area (Å²) in [4.78, 5) is 3.08. The van der Waals surface area contributed by atoms with E-state index in [4.69, 9.17) is 0 Å². The number of aromatic amines is 2. The lowest BCUT2D eigenvalue weighted by molar-refractivity contribution is 0.517. The van der Waals surface area contributed by atoms with E-state index in [9.17, 15) is 8.76 Å². The second kappa shape index (κ2) is 4.92. The van der Waals surface area contributed by atoms with Crippen LogP contribution in [0, 0.1) is 0 Å². The number of benzene rings is 1. The van der Waals surface area contributed by atoms with Gasteiger partial charge in [0.25, 0.3) is 0 Å². The smallest absolute Gasteiger partial charge is 0.169 e. The molecule has 0 saturated heterocycles. The second-order valence-electron chi connectivity index (χ2n) is 5.43. The molecule has 3 aromatic rings. The first-order chi connectivity index (χ1) is 10.6. The van der Waals surface area contributed by atoms with Crippen LogP contribution >= 0.6 is 0 Å². The molecule has 8 heteroatoms. The molecule has 0 fully saturated rings. The number of aromatic nitrogens is 4. The molecule has 0 amide bonds. The highest BCUT2D eigenvalue weighted by atomic mass is 32.2. The molecule has 0 spiro atoms. The van der Waals surface area contributed by atoms with E-state index in [0.717, 1.165) is 22.3 Å². The molecule has 0 saturated carbocycles. The Morgan fingerprint density at radius 3 is 3.05 bits per heavy atom. The number of H-pyrrole nitrogens is 2. The number of rotatable bonds is 2. The van der Waals surface area contributed by atoms with E-state index in [1.807, 2.05) is 18.2 Å². The average Bonchev–Trinajstić information content (AvgIpc) is 3.15. The summed E-state index contributed by atoms with van der Waals surface area (Å²) in [7, 11) is -3.35. The zero-order valence-electron chi connectivity index (χ0n) is 11.7. The van der Waals surface area contributed by atoms with Crippen LogP contribution < -0.4 is 0 Å². The van der Waals surface area contributed by atoms with Crippen LogP contribution in [0.15, 0.2) is 34.8 Å². The Morgan fingerprint density at radius 1 is 1.27 bits per heavy atom.